The fraction of sp³-hybridized carbons (Fsp3) is 0.267. The van der Waals surface area contributed by atoms with E-state index in [1.165, 1.54) is 5.57 Å². The Balaban J connectivity index is 1.94. The third-order valence-corrected chi connectivity index (χ3v) is 3.44. The Bertz CT molecular complexity index is 499. The van der Waals surface area contributed by atoms with Crippen molar-refractivity contribution < 1.29 is 4.79 Å². The number of carbonyl (C=O) groups is 1. The van der Waals surface area contributed by atoms with E-state index in [1.807, 2.05) is 35.2 Å². The molecule has 2 nitrogen and oxygen atoms in total. The van der Waals surface area contributed by atoms with Gasteiger partial charge in [0.15, 0.2) is 0 Å². The molecule has 0 unspecified atom stereocenters. The van der Waals surface area contributed by atoms with Crippen LogP contribution in [0.25, 0.3) is 0 Å². The predicted molar refractivity (Wildman–Crippen MR) is 68.8 cm³/mol. The maximum absolute atomic E-state index is 12.4. The van der Waals surface area contributed by atoms with Gasteiger partial charge in [-0.2, -0.15) is 0 Å². The van der Waals surface area contributed by atoms with Crippen LogP contribution in [0.4, 0.5) is 5.69 Å². The molecule has 3 rings (SSSR count). The highest BCUT2D eigenvalue weighted by Gasteiger charge is 2.27. The molecule has 1 amide bonds. The second-order valence-electron chi connectivity index (χ2n) is 4.49. The molecule has 1 aliphatic carbocycles. The van der Waals surface area contributed by atoms with Gasteiger partial charge in [0.1, 0.15) is 0 Å². The molecule has 0 radical (unpaired) electrons. The van der Waals surface area contributed by atoms with Crippen molar-refractivity contribution in [2.75, 3.05) is 11.4 Å². The summed E-state index contributed by atoms with van der Waals surface area (Å²) in [5, 5.41) is 0. The zero-order valence-electron chi connectivity index (χ0n) is 9.73. The zero-order valence-corrected chi connectivity index (χ0v) is 9.73. The molecular formula is C15H15NO. The third-order valence-electron chi connectivity index (χ3n) is 3.44. The van der Waals surface area contributed by atoms with E-state index in [0.29, 0.717) is 0 Å². The van der Waals surface area contributed by atoms with Gasteiger partial charge in [-0.1, -0.05) is 30.4 Å². The van der Waals surface area contributed by atoms with Gasteiger partial charge in [0.25, 0.3) is 5.91 Å². The maximum Gasteiger partial charge on any atom is 0.254 e. The lowest BCUT2D eigenvalue weighted by atomic mass is 9.91. The molecule has 0 N–H and O–H groups in total. The van der Waals surface area contributed by atoms with Crippen LogP contribution in [-0.2, 0) is 4.79 Å². The van der Waals surface area contributed by atoms with Crippen LogP contribution in [0.2, 0.25) is 0 Å². The lowest BCUT2D eigenvalue weighted by Gasteiger charge is -2.31. The fourth-order valence-electron chi connectivity index (χ4n) is 2.54. The summed E-state index contributed by atoms with van der Waals surface area (Å²) in [4.78, 5) is 14.3. The Kier molecular flexibility index (Phi) is 2.56. The summed E-state index contributed by atoms with van der Waals surface area (Å²) in [6.45, 7) is 0.798. The second kappa shape index (κ2) is 4.21. The van der Waals surface area contributed by atoms with Gasteiger partial charge in [0.05, 0.1) is 0 Å². The molecule has 1 aromatic rings. The van der Waals surface area contributed by atoms with Crippen molar-refractivity contribution in [1.29, 1.82) is 0 Å². The minimum absolute atomic E-state index is 0.196. The molecule has 0 spiro atoms. The topological polar surface area (TPSA) is 20.3 Å². The van der Waals surface area contributed by atoms with E-state index < -0.39 is 0 Å². The average molecular weight is 225 g/mol. The van der Waals surface area contributed by atoms with Gasteiger partial charge < -0.3 is 4.90 Å². The number of rotatable bonds is 1. The van der Waals surface area contributed by atoms with Crippen LogP contribution in [0.1, 0.15) is 19.3 Å². The summed E-state index contributed by atoms with van der Waals surface area (Å²) < 4.78 is 0. The van der Waals surface area contributed by atoms with Crippen molar-refractivity contribution in [2.24, 2.45) is 0 Å². The van der Waals surface area contributed by atoms with E-state index in [-0.39, 0.29) is 5.91 Å². The fourth-order valence-corrected chi connectivity index (χ4v) is 2.54. The Morgan fingerprint density at radius 3 is 2.71 bits per heavy atom. The first-order chi connectivity index (χ1) is 8.36. The molecule has 1 aromatic carbocycles. The van der Waals surface area contributed by atoms with E-state index in [4.69, 9.17) is 0 Å². The standard InChI is InChI=1S/C15H15NO/c17-15-14-9-5-4-6-12(14)10-11-16(15)13-7-2-1-3-8-13/h1-4,6-8H,5,9-11H2. The monoisotopic (exact) mass is 225 g/mol. The van der Waals surface area contributed by atoms with E-state index in [1.54, 1.807) is 0 Å². The normalized spacial score (nSPS) is 19.5. The van der Waals surface area contributed by atoms with Gasteiger partial charge in [0.2, 0.25) is 0 Å². The number of benzene rings is 1. The quantitative estimate of drug-likeness (QED) is 0.719. The smallest absolute Gasteiger partial charge is 0.254 e. The SMILES string of the molecule is O=C1C2=C(C=CCC2)CCN1c1ccccc1. The van der Waals surface area contributed by atoms with Crippen LogP contribution in [-0.4, -0.2) is 12.5 Å². The highest BCUT2D eigenvalue weighted by Crippen LogP contribution is 2.30. The summed E-state index contributed by atoms with van der Waals surface area (Å²) in [5.74, 6) is 0.196. The molecule has 86 valence electrons. The van der Waals surface area contributed by atoms with E-state index in [0.717, 1.165) is 37.1 Å². The minimum Gasteiger partial charge on any atom is -0.308 e. The van der Waals surface area contributed by atoms with Gasteiger partial charge in [0, 0.05) is 17.8 Å². The highest BCUT2D eigenvalue weighted by molar-refractivity contribution is 6.07. The summed E-state index contributed by atoms with van der Waals surface area (Å²) in [5.41, 5.74) is 3.27. The number of anilines is 1. The van der Waals surface area contributed by atoms with Crippen molar-refractivity contribution in [3.63, 3.8) is 0 Å². The summed E-state index contributed by atoms with van der Waals surface area (Å²) in [6, 6.07) is 9.94. The Hall–Kier alpha value is -1.83. The molecule has 0 bridgehead atoms. The first-order valence-corrected chi connectivity index (χ1v) is 6.12. The number of carbonyl (C=O) groups excluding carboxylic acids is 1. The van der Waals surface area contributed by atoms with Crippen LogP contribution in [0.5, 0.6) is 0 Å². The molecule has 1 heterocycles. The van der Waals surface area contributed by atoms with Crippen LogP contribution in [0.15, 0.2) is 53.6 Å². The molecule has 0 atom stereocenters. The highest BCUT2D eigenvalue weighted by atomic mass is 16.2. The molecule has 0 saturated heterocycles. The van der Waals surface area contributed by atoms with E-state index in [2.05, 4.69) is 12.2 Å². The van der Waals surface area contributed by atoms with Gasteiger partial charge >= 0.3 is 0 Å². The van der Waals surface area contributed by atoms with E-state index in [9.17, 15) is 4.79 Å². The molecule has 1 aliphatic heterocycles. The number of para-hydroxylation sites is 1. The molecule has 2 aliphatic rings. The summed E-state index contributed by atoms with van der Waals surface area (Å²) in [7, 11) is 0. The largest absolute Gasteiger partial charge is 0.308 e. The van der Waals surface area contributed by atoms with Crippen molar-refractivity contribution >= 4 is 11.6 Å². The van der Waals surface area contributed by atoms with Crippen molar-refractivity contribution in [1.82, 2.24) is 0 Å². The Morgan fingerprint density at radius 2 is 1.88 bits per heavy atom. The van der Waals surface area contributed by atoms with Crippen LogP contribution >= 0.6 is 0 Å². The Morgan fingerprint density at radius 1 is 1.06 bits per heavy atom. The van der Waals surface area contributed by atoms with Gasteiger partial charge in [-0.05, 0) is 37.0 Å². The average Bonchev–Trinajstić information content (AvgIpc) is 2.40. The van der Waals surface area contributed by atoms with Crippen molar-refractivity contribution in [3.8, 4) is 0 Å². The van der Waals surface area contributed by atoms with Gasteiger partial charge in [-0.25, -0.2) is 0 Å². The molecule has 0 saturated carbocycles. The Labute approximate surface area is 101 Å². The first kappa shape index (κ1) is 10.3. The number of allylic oxidation sites excluding steroid dienone is 2. The lowest BCUT2D eigenvalue weighted by Crippen LogP contribution is -2.37. The maximum atomic E-state index is 12.4. The minimum atomic E-state index is 0.196. The molecular weight excluding hydrogens is 210 g/mol. The van der Waals surface area contributed by atoms with Crippen molar-refractivity contribution in [2.45, 2.75) is 19.3 Å². The number of hydrogen-bond acceptors (Lipinski definition) is 1. The van der Waals surface area contributed by atoms with Crippen molar-refractivity contribution in [3.05, 3.63) is 53.6 Å². The first-order valence-electron chi connectivity index (χ1n) is 6.12. The number of amides is 1. The zero-order chi connectivity index (χ0) is 11.7. The molecule has 0 fully saturated rings. The van der Waals surface area contributed by atoms with Crippen LogP contribution in [0.3, 0.4) is 0 Å². The molecule has 2 heteroatoms. The van der Waals surface area contributed by atoms with E-state index >= 15 is 0 Å². The van der Waals surface area contributed by atoms with Gasteiger partial charge in [-0.3, -0.25) is 4.79 Å². The van der Waals surface area contributed by atoms with Crippen LogP contribution < -0.4 is 4.90 Å². The predicted octanol–water partition coefficient (Wildman–Crippen LogP) is 3.07. The summed E-state index contributed by atoms with van der Waals surface area (Å²) in [6.07, 6.45) is 7.16. The molecule has 0 aromatic heterocycles. The number of hydrogen-bond donors (Lipinski definition) is 0. The second-order valence-corrected chi connectivity index (χ2v) is 4.49. The number of nitrogens with zero attached hydrogens (tertiary/aromatic N) is 1. The lowest BCUT2D eigenvalue weighted by molar-refractivity contribution is -0.115. The van der Waals surface area contributed by atoms with Crippen LogP contribution in [0, 0.1) is 0 Å². The van der Waals surface area contributed by atoms with Gasteiger partial charge in [-0.15, -0.1) is 0 Å². The molecule has 17 heavy (non-hydrogen) atoms. The third kappa shape index (κ3) is 1.80. The summed E-state index contributed by atoms with van der Waals surface area (Å²) >= 11 is 0.